The summed E-state index contributed by atoms with van der Waals surface area (Å²) in [5.74, 6) is 0.336. The molecule has 0 aromatic rings. The second-order valence-corrected chi connectivity index (χ2v) is 7.22. The molecular weight excluding hydrogens is 419 g/mol. The van der Waals surface area contributed by atoms with E-state index < -0.39 is 5.60 Å². The largest absolute Gasteiger partial charge is 0.459 e. The minimum atomic E-state index is -0.465. The normalized spacial score (nSPS) is 12.4. The molecule has 2 N–H and O–H groups in total. The van der Waals surface area contributed by atoms with E-state index in [2.05, 4.69) is 48.2 Å². The molecule has 0 atom stereocenters. The van der Waals surface area contributed by atoms with Gasteiger partial charge in [-0.05, 0) is 54.9 Å². The smallest absolute Gasteiger partial charge is 0.325 e. The fraction of sp³-hybridized carbons (Fsp3) is 0.882. The predicted molar refractivity (Wildman–Crippen MR) is 112 cm³/mol. The molecule has 144 valence electrons. The van der Waals surface area contributed by atoms with Crippen molar-refractivity contribution in [1.82, 2.24) is 15.5 Å². The Bertz CT molecular complexity index is 371. The van der Waals surface area contributed by atoms with E-state index in [1.807, 2.05) is 20.8 Å². The summed E-state index contributed by atoms with van der Waals surface area (Å²) in [6.07, 6.45) is 1.02. The van der Waals surface area contributed by atoms with Crippen LogP contribution in [0.15, 0.2) is 4.99 Å². The minimum absolute atomic E-state index is 0. The number of esters is 1. The maximum atomic E-state index is 11.7. The van der Waals surface area contributed by atoms with Gasteiger partial charge in [-0.15, -0.1) is 24.0 Å². The molecule has 0 unspecified atom stereocenters. The topological polar surface area (TPSA) is 66.0 Å². The van der Waals surface area contributed by atoms with Crippen LogP contribution in [-0.2, 0) is 9.53 Å². The highest BCUT2D eigenvalue weighted by Crippen LogP contribution is 2.06. The van der Waals surface area contributed by atoms with Gasteiger partial charge in [0.25, 0.3) is 0 Å². The molecule has 24 heavy (non-hydrogen) atoms. The molecule has 0 aliphatic heterocycles. The molecule has 0 saturated carbocycles. The summed E-state index contributed by atoms with van der Waals surface area (Å²) in [5.41, 5.74) is -0.465. The van der Waals surface area contributed by atoms with Crippen molar-refractivity contribution in [2.24, 2.45) is 4.99 Å². The number of nitrogens with zero attached hydrogens (tertiary/aromatic N) is 2. The second-order valence-electron chi connectivity index (χ2n) is 7.22. The van der Waals surface area contributed by atoms with E-state index in [0.29, 0.717) is 18.0 Å². The molecule has 7 heteroatoms. The quantitative estimate of drug-likeness (QED) is 0.193. The standard InChI is InChI=1S/C17H36N4O2.HI/c1-13(2)21(14(3)4)11-9-10-19-16(18-8)20-12-15(22)23-17(5,6)7;/h13-14H,9-12H2,1-8H3,(H2,18,19,20);1H. The van der Waals surface area contributed by atoms with Crippen LogP contribution in [0.4, 0.5) is 0 Å². The zero-order valence-corrected chi connectivity index (χ0v) is 18.9. The van der Waals surface area contributed by atoms with Gasteiger partial charge in [-0.3, -0.25) is 14.7 Å². The fourth-order valence-electron chi connectivity index (χ4n) is 2.34. The van der Waals surface area contributed by atoms with Gasteiger partial charge in [0.1, 0.15) is 12.1 Å². The Balaban J connectivity index is 0. The average Bonchev–Trinajstić information content (AvgIpc) is 2.38. The Kier molecular flexibility index (Phi) is 13.6. The number of guanidine groups is 1. The van der Waals surface area contributed by atoms with Crippen LogP contribution in [0.2, 0.25) is 0 Å². The first-order chi connectivity index (χ1) is 10.6. The summed E-state index contributed by atoms with van der Waals surface area (Å²) >= 11 is 0. The van der Waals surface area contributed by atoms with Crippen LogP contribution in [0.5, 0.6) is 0 Å². The van der Waals surface area contributed by atoms with Crippen LogP contribution in [0.1, 0.15) is 54.9 Å². The third-order valence-corrected chi connectivity index (χ3v) is 3.26. The monoisotopic (exact) mass is 456 g/mol. The van der Waals surface area contributed by atoms with Crippen LogP contribution in [-0.4, -0.2) is 61.2 Å². The summed E-state index contributed by atoms with van der Waals surface area (Å²) in [5, 5.41) is 6.20. The number of hydrogen-bond acceptors (Lipinski definition) is 4. The van der Waals surface area contributed by atoms with Crippen LogP contribution in [0.3, 0.4) is 0 Å². The Hall–Kier alpha value is -0.570. The van der Waals surface area contributed by atoms with Crippen molar-refractivity contribution in [3.63, 3.8) is 0 Å². The summed E-state index contributed by atoms with van der Waals surface area (Å²) in [4.78, 5) is 18.2. The van der Waals surface area contributed by atoms with Gasteiger partial charge in [0.15, 0.2) is 5.96 Å². The van der Waals surface area contributed by atoms with Crippen LogP contribution in [0, 0.1) is 0 Å². The number of carbonyl (C=O) groups excluding carboxylic acids is 1. The lowest BCUT2D eigenvalue weighted by Crippen LogP contribution is -2.43. The van der Waals surface area contributed by atoms with Gasteiger partial charge < -0.3 is 15.4 Å². The summed E-state index contributed by atoms with van der Waals surface area (Å²) in [7, 11) is 1.69. The molecule has 0 amide bonds. The molecule has 0 aliphatic rings. The highest BCUT2D eigenvalue weighted by molar-refractivity contribution is 14.0. The molecule has 6 nitrogen and oxygen atoms in total. The van der Waals surface area contributed by atoms with Gasteiger partial charge in [0.05, 0.1) is 0 Å². The number of aliphatic imine (C=N–C) groups is 1. The lowest BCUT2D eigenvalue weighted by Gasteiger charge is -2.30. The van der Waals surface area contributed by atoms with Gasteiger partial charge in [0, 0.05) is 32.2 Å². The number of carbonyl (C=O) groups is 1. The lowest BCUT2D eigenvalue weighted by atomic mass is 10.2. The van der Waals surface area contributed by atoms with Crippen molar-refractivity contribution in [3.05, 3.63) is 0 Å². The predicted octanol–water partition coefficient (Wildman–Crippen LogP) is 2.62. The molecule has 0 bridgehead atoms. The van der Waals surface area contributed by atoms with Gasteiger partial charge in [-0.25, -0.2) is 0 Å². The summed E-state index contributed by atoms with van der Waals surface area (Å²) in [6.45, 7) is 16.4. The maximum Gasteiger partial charge on any atom is 0.325 e. The lowest BCUT2D eigenvalue weighted by molar-refractivity contribution is -0.153. The number of ether oxygens (including phenoxy) is 1. The number of rotatable bonds is 8. The molecule has 0 fully saturated rings. The molecule has 0 aliphatic carbocycles. The van der Waals surface area contributed by atoms with E-state index in [4.69, 9.17) is 4.74 Å². The number of hydrogen-bond donors (Lipinski definition) is 2. The van der Waals surface area contributed by atoms with Gasteiger partial charge in [-0.2, -0.15) is 0 Å². The van der Waals surface area contributed by atoms with Crippen LogP contribution in [0.25, 0.3) is 0 Å². The number of halogens is 1. The molecule has 0 heterocycles. The maximum absolute atomic E-state index is 11.7. The first kappa shape index (κ1) is 25.7. The third kappa shape index (κ3) is 12.8. The van der Waals surface area contributed by atoms with E-state index in [-0.39, 0.29) is 36.5 Å². The summed E-state index contributed by atoms with van der Waals surface area (Å²) in [6, 6.07) is 1.08. The zero-order chi connectivity index (χ0) is 18.0. The van der Waals surface area contributed by atoms with Crippen LogP contribution >= 0.6 is 24.0 Å². The average molecular weight is 456 g/mol. The van der Waals surface area contributed by atoms with Gasteiger partial charge in [-0.1, -0.05) is 0 Å². The number of nitrogens with one attached hydrogen (secondary N) is 2. The fourth-order valence-corrected chi connectivity index (χ4v) is 2.34. The molecule has 0 aromatic heterocycles. The highest BCUT2D eigenvalue weighted by Gasteiger charge is 2.16. The zero-order valence-electron chi connectivity index (χ0n) is 16.6. The SMILES string of the molecule is CN=C(NCCCN(C(C)C)C(C)C)NCC(=O)OC(C)(C)C.I. The van der Waals surface area contributed by atoms with E-state index in [0.717, 1.165) is 19.5 Å². The third-order valence-electron chi connectivity index (χ3n) is 3.26. The molecule has 0 rings (SSSR count). The molecule has 0 spiro atoms. The van der Waals surface area contributed by atoms with Gasteiger partial charge in [0.2, 0.25) is 0 Å². The van der Waals surface area contributed by atoms with E-state index in [9.17, 15) is 4.79 Å². The van der Waals surface area contributed by atoms with Gasteiger partial charge >= 0.3 is 5.97 Å². The Morgan fingerprint density at radius 2 is 1.67 bits per heavy atom. The first-order valence-electron chi connectivity index (χ1n) is 8.49. The summed E-state index contributed by atoms with van der Waals surface area (Å²) < 4.78 is 5.25. The van der Waals surface area contributed by atoms with Crippen molar-refractivity contribution >= 4 is 35.9 Å². The van der Waals surface area contributed by atoms with Crippen molar-refractivity contribution in [2.75, 3.05) is 26.7 Å². The minimum Gasteiger partial charge on any atom is -0.459 e. The van der Waals surface area contributed by atoms with E-state index in [1.165, 1.54) is 0 Å². The Morgan fingerprint density at radius 1 is 1.12 bits per heavy atom. The first-order valence-corrected chi connectivity index (χ1v) is 8.49. The van der Waals surface area contributed by atoms with Crippen molar-refractivity contribution in [1.29, 1.82) is 0 Å². The van der Waals surface area contributed by atoms with E-state index >= 15 is 0 Å². The highest BCUT2D eigenvalue weighted by atomic mass is 127. The molecule has 0 radical (unpaired) electrons. The molecular formula is C17H37IN4O2. The van der Waals surface area contributed by atoms with Crippen molar-refractivity contribution in [3.8, 4) is 0 Å². The molecule has 0 aromatic carbocycles. The second kappa shape index (κ2) is 12.7. The van der Waals surface area contributed by atoms with Crippen LogP contribution < -0.4 is 10.6 Å². The Labute approximate surface area is 165 Å². The Morgan fingerprint density at radius 3 is 2.08 bits per heavy atom. The molecule has 0 saturated heterocycles. The van der Waals surface area contributed by atoms with Crippen molar-refractivity contribution in [2.45, 2.75) is 72.6 Å². The van der Waals surface area contributed by atoms with E-state index in [1.54, 1.807) is 7.05 Å². The van der Waals surface area contributed by atoms with Crippen molar-refractivity contribution < 1.29 is 9.53 Å².